The van der Waals surface area contributed by atoms with E-state index in [0.29, 0.717) is 25.9 Å². The maximum absolute atomic E-state index is 12.9. The molecule has 1 amide bonds. The zero-order valence-corrected chi connectivity index (χ0v) is 20.3. The summed E-state index contributed by atoms with van der Waals surface area (Å²) < 4.78 is 27.2. The fraction of sp³-hybridized carbons (Fsp3) is 0.625. The maximum atomic E-state index is 12.9. The molecule has 0 atom stereocenters. The number of carbonyl (C=O) groups excluding carboxylic acids is 1. The van der Waals surface area contributed by atoms with Crippen molar-refractivity contribution in [3.8, 4) is 0 Å². The van der Waals surface area contributed by atoms with Gasteiger partial charge >= 0.3 is 0 Å². The summed E-state index contributed by atoms with van der Waals surface area (Å²) >= 11 is 1.82. The summed E-state index contributed by atoms with van der Waals surface area (Å²) in [6.45, 7) is 3.94. The first kappa shape index (κ1) is 24.3. The summed E-state index contributed by atoms with van der Waals surface area (Å²) in [7, 11) is -3.20. The Balaban J connectivity index is 1.52. The Kier molecular flexibility index (Phi) is 9.05. The SMILES string of the molecule is CCCCCCCCS(=O)(=O)N1CCC2(CC1)SCCN2C(=O)C=Cc1ccccc1. The van der Waals surface area contributed by atoms with Crippen LogP contribution in [0.15, 0.2) is 36.4 Å². The lowest BCUT2D eigenvalue weighted by Gasteiger charge is -2.43. The van der Waals surface area contributed by atoms with Crippen LogP contribution < -0.4 is 0 Å². The van der Waals surface area contributed by atoms with Crippen molar-refractivity contribution in [2.45, 2.75) is 63.2 Å². The van der Waals surface area contributed by atoms with E-state index < -0.39 is 10.0 Å². The number of sulfonamides is 1. The highest BCUT2D eigenvalue weighted by molar-refractivity contribution is 8.00. The van der Waals surface area contributed by atoms with Crippen LogP contribution in [0.5, 0.6) is 0 Å². The van der Waals surface area contributed by atoms with E-state index in [1.807, 2.05) is 53.1 Å². The second-order valence-corrected chi connectivity index (χ2v) is 12.1. The highest BCUT2D eigenvalue weighted by atomic mass is 32.2. The molecule has 2 aliphatic rings. The van der Waals surface area contributed by atoms with Gasteiger partial charge < -0.3 is 4.90 Å². The van der Waals surface area contributed by atoms with Gasteiger partial charge in [0.15, 0.2) is 0 Å². The van der Waals surface area contributed by atoms with Gasteiger partial charge in [-0.1, -0.05) is 69.4 Å². The van der Waals surface area contributed by atoms with Crippen molar-refractivity contribution in [1.29, 1.82) is 0 Å². The summed E-state index contributed by atoms with van der Waals surface area (Å²) in [5, 5.41) is 0. The molecule has 0 aromatic heterocycles. The van der Waals surface area contributed by atoms with Gasteiger partial charge in [0.2, 0.25) is 15.9 Å². The number of rotatable bonds is 10. The number of amides is 1. The molecule has 0 aliphatic carbocycles. The van der Waals surface area contributed by atoms with Gasteiger partial charge in [0.1, 0.15) is 0 Å². The molecule has 2 fully saturated rings. The number of unbranched alkanes of at least 4 members (excludes halogenated alkanes) is 5. The highest BCUT2D eigenvalue weighted by Gasteiger charge is 2.47. The molecule has 31 heavy (non-hydrogen) atoms. The lowest BCUT2D eigenvalue weighted by molar-refractivity contribution is -0.129. The van der Waals surface area contributed by atoms with Crippen LogP contribution in [0.1, 0.15) is 63.9 Å². The lowest BCUT2D eigenvalue weighted by atomic mass is 10.0. The van der Waals surface area contributed by atoms with Crippen LogP contribution in [0.4, 0.5) is 0 Å². The number of nitrogens with zero attached hydrogens (tertiary/aromatic N) is 2. The van der Waals surface area contributed by atoms with Crippen LogP contribution >= 0.6 is 11.8 Å². The van der Waals surface area contributed by atoms with Crippen molar-refractivity contribution < 1.29 is 13.2 Å². The quantitative estimate of drug-likeness (QED) is 0.370. The molecule has 2 heterocycles. The normalized spacial score (nSPS) is 19.5. The Morgan fingerprint density at radius 1 is 1.03 bits per heavy atom. The van der Waals surface area contributed by atoms with Gasteiger partial charge in [-0.3, -0.25) is 4.79 Å². The highest BCUT2D eigenvalue weighted by Crippen LogP contribution is 2.44. The molecule has 0 radical (unpaired) electrons. The van der Waals surface area contributed by atoms with E-state index in [2.05, 4.69) is 6.92 Å². The molecular formula is C24H36N2O3S2. The Morgan fingerprint density at radius 3 is 2.42 bits per heavy atom. The van der Waals surface area contributed by atoms with Gasteiger partial charge in [-0.15, -0.1) is 11.8 Å². The number of hydrogen-bond donors (Lipinski definition) is 0. The van der Waals surface area contributed by atoms with Gasteiger partial charge in [0.05, 0.1) is 10.6 Å². The molecule has 0 unspecified atom stereocenters. The van der Waals surface area contributed by atoms with E-state index in [-0.39, 0.29) is 16.5 Å². The molecular weight excluding hydrogens is 428 g/mol. The lowest BCUT2D eigenvalue weighted by Crippen LogP contribution is -2.53. The van der Waals surface area contributed by atoms with Crippen molar-refractivity contribution in [3.05, 3.63) is 42.0 Å². The largest absolute Gasteiger partial charge is 0.324 e. The minimum atomic E-state index is -3.20. The Hall–Kier alpha value is -1.31. The summed E-state index contributed by atoms with van der Waals surface area (Å²) in [6.07, 6.45) is 11.4. The van der Waals surface area contributed by atoms with Crippen LogP contribution in [0.25, 0.3) is 6.08 Å². The second-order valence-electron chi connectivity index (χ2n) is 8.51. The van der Waals surface area contributed by atoms with E-state index in [0.717, 1.165) is 37.1 Å². The summed E-state index contributed by atoms with van der Waals surface area (Å²) in [5.74, 6) is 1.19. The predicted octanol–water partition coefficient (Wildman–Crippen LogP) is 4.76. The molecule has 7 heteroatoms. The molecule has 3 rings (SSSR count). The zero-order chi connectivity index (χ0) is 22.2. The minimum absolute atomic E-state index is 0.0252. The Morgan fingerprint density at radius 2 is 1.71 bits per heavy atom. The molecule has 1 aromatic rings. The van der Waals surface area contributed by atoms with Crippen LogP contribution in [-0.4, -0.2) is 59.5 Å². The van der Waals surface area contributed by atoms with Crippen LogP contribution in [-0.2, 0) is 14.8 Å². The molecule has 0 saturated carbocycles. The van der Waals surface area contributed by atoms with Gasteiger partial charge in [-0.25, -0.2) is 12.7 Å². The van der Waals surface area contributed by atoms with Gasteiger partial charge in [-0.05, 0) is 30.9 Å². The van der Waals surface area contributed by atoms with Gasteiger partial charge in [-0.2, -0.15) is 0 Å². The second kappa shape index (κ2) is 11.5. The van der Waals surface area contributed by atoms with Crippen molar-refractivity contribution in [2.24, 2.45) is 0 Å². The fourth-order valence-corrected chi connectivity index (χ4v) is 7.49. The maximum Gasteiger partial charge on any atom is 0.247 e. The molecule has 1 spiro atoms. The summed E-state index contributed by atoms with van der Waals surface area (Å²) in [4.78, 5) is 14.6. The first-order valence-corrected chi connectivity index (χ1v) is 14.2. The van der Waals surface area contributed by atoms with E-state index in [1.54, 1.807) is 10.4 Å². The third-order valence-corrected chi connectivity index (χ3v) is 9.82. The van der Waals surface area contributed by atoms with E-state index in [9.17, 15) is 13.2 Å². The standard InChI is InChI=1S/C24H36N2O3S2/c1-2-3-4-5-6-10-21-31(28,29)25-17-15-24(16-18-25)26(19-20-30-24)23(27)14-13-22-11-8-7-9-12-22/h7-9,11-14H,2-6,10,15-21H2,1H3. The molecule has 0 N–H and O–H groups in total. The third kappa shape index (κ3) is 6.59. The van der Waals surface area contributed by atoms with Crippen LogP contribution in [0.3, 0.4) is 0 Å². The number of thioether (sulfide) groups is 1. The van der Waals surface area contributed by atoms with Crippen molar-refractivity contribution in [1.82, 2.24) is 9.21 Å². The van der Waals surface area contributed by atoms with E-state index in [4.69, 9.17) is 0 Å². The molecule has 5 nitrogen and oxygen atoms in total. The van der Waals surface area contributed by atoms with Crippen molar-refractivity contribution in [2.75, 3.05) is 31.1 Å². The Bertz CT molecular complexity index is 832. The van der Waals surface area contributed by atoms with E-state index in [1.165, 1.54) is 19.3 Å². The topological polar surface area (TPSA) is 57.7 Å². The monoisotopic (exact) mass is 464 g/mol. The average molecular weight is 465 g/mol. The molecule has 0 bridgehead atoms. The van der Waals surface area contributed by atoms with Crippen LogP contribution in [0.2, 0.25) is 0 Å². The van der Waals surface area contributed by atoms with Crippen LogP contribution in [0, 0.1) is 0 Å². The predicted molar refractivity (Wildman–Crippen MR) is 130 cm³/mol. The molecule has 172 valence electrons. The first-order valence-electron chi connectivity index (χ1n) is 11.6. The number of hydrogen-bond acceptors (Lipinski definition) is 4. The first-order chi connectivity index (χ1) is 15.0. The molecule has 2 saturated heterocycles. The fourth-order valence-electron chi connectivity index (χ4n) is 4.46. The number of carbonyl (C=O) groups is 1. The summed E-state index contributed by atoms with van der Waals surface area (Å²) in [5.41, 5.74) is 1.01. The van der Waals surface area contributed by atoms with Crippen molar-refractivity contribution in [3.63, 3.8) is 0 Å². The van der Waals surface area contributed by atoms with Gasteiger partial charge in [0, 0.05) is 31.5 Å². The Labute approximate surface area is 192 Å². The zero-order valence-electron chi connectivity index (χ0n) is 18.7. The molecule has 2 aliphatic heterocycles. The van der Waals surface area contributed by atoms with E-state index >= 15 is 0 Å². The number of piperidine rings is 1. The third-order valence-electron chi connectivity index (χ3n) is 6.31. The minimum Gasteiger partial charge on any atom is -0.324 e. The smallest absolute Gasteiger partial charge is 0.247 e. The van der Waals surface area contributed by atoms with Gasteiger partial charge in [0.25, 0.3) is 0 Å². The number of benzene rings is 1. The molecule has 1 aromatic carbocycles. The summed E-state index contributed by atoms with van der Waals surface area (Å²) in [6, 6.07) is 9.83. The average Bonchev–Trinajstić information content (AvgIpc) is 3.18. The van der Waals surface area contributed by atoms with Crippen molar-refractivity contribution >= 4 is 33.8 Å².